The van der Waals surface area contributed by atoms with Gasteiger partial charge in [-0.25, -0.2) is 0 Å². The molecule has 1 aromatic carbocycles. The van der Waals surface area contributed by atoms with Gasteiger partial charge in [0, 0.05) is 12.1 Å². The molecule has 24 heavy (non-hydrogen) atoms. The van der Waals surface area contributed by atoms with E-state index in [0.717, 1.165) is 37.8 Å². The quantitative estimate of drug-likeness (QED) is 0.545. The summed E-state index contributed by atoms with van der Waals surface area (Å²) in [5.74, 6) is -1.09. The number of ether oxygens (including phenoxy) is 1. The number of carbonyl (C=O) groups excluding carboxylic acids is 2. The van der Waals surface area contributed by atoms with Gasteiger partial charge in [-0.1, -0.05) is 32.3 Å². The van der Waals surface area contributed by atoms with E-state index in [1.165, 1.54) is 12.1 Å². The average molecular weight is 345 g/mol. The zero-order chi connectivity index (χ0) is 18.0. The second-order valence-corrected chi connectivity index (χ2v) is 5.37. The van der Waals surface area contributed by atoms with Gasteiger partial charge in [0.05, 0.1) is 18.6 Å². The lowest BCUT2D eigenvalue weighted by Crippen LogP contribution is -2.27. The molecule has 1 aromatic rings. The summed E-state index contributed by atoms with van der Waals surface area (Å²) in [7, 11) is 0. The van der Waals surface area contributed by atoms with Crippen molar-refractivity contribution in [1.29, 1.82) is 0 Å². The molecule has 0 saturated heterocycles. The number of nitrogens with one attached hydrogen (secondary N) is 1. The number of alkyl halides is 3. The maximum Gasteiger partial charge on any atom is 0.416 e. The zero-order valence-electron chi connectivity index (χ0n) is 13.6. The van der Waals surface area contributed by atoms with Gasteiger partial charge in [0.1, 0.15) is 0 Å². The summed E-state index contributed by atoms with van der Waals surface area (Å²) in [4.78, 5) is 23.3. The van der Waals surface area contributed by atoms with Crippen LogP contribution in [-0.4, -0.2) is 25.0 Å². The van der Waals surface area contributed by atoms with E-state index in [1.807, 2.05) is 0 Å². The summed E-state index contributed by atoms with van der Waals surface area (Å²) < 4.78 is 42.8. The molecule has 1 rings (SSSR count). The van der Waals surface area contributed by atoms with E-state index in [1.54, 1.807) is 0 Å². The van der Waals surface area contributed by atoms with Gasteiger partial charge in [-0.05, 0) is 24.6 Å². The van der Waals surface area contributed by atoms with Crippen LogP contribution in [0.2, 0.25) is 0 Å². The van der Waals surface area contributed by atoms with Crippen LogP contribution in [0.5, 0.6) is 0 Å². The SMILES string of the molecule is CCCCCCOC(=O)CCNC(=O)c1cccc(C(F)(F)F)c1. The van der Waals surface area contributed by atoms with Crippen molar-refractivity contribution in [2.24, 2.45) is 0 Å². The highest BCUT2D eigenvalue weighted by atomic mass is 19.4. The minimum Gasteiger partial charge on any atom is -0.466 e. The van der Waals surface area contributed by atoms with Crippen LogP contribution in [0.25, 0.3) is 0 Å². The largest absolute Gasteiger partial charge is 0.466 e. The molecular formula is C17H22F3NO3. The van der Waals surface area contributed by atoms with Crippen LogP contribution in [0.15, 0.2) is 24.3 Å². The van der Waals surface area contributed by atoms with Gasteiger partial charge in [0.2, 0.25) is 0 Å². The molecule has 0 aliphatic rings. The van der Waals surface area contributed by atoms with Crippen molar-refractivity contribution in [1.82, 2.24) is 5.32 Å². The number of halogens is 3. The Morgan fingerprint density at radius 3 is 2.58 bits per heavy atom. The minimum absolute atomic E-state index is 0.0154. The number of carbonyl (C=O) groups is 2. The smallest absolute Gasteiger partial charge is 0.416 e. The van der Waals surface area contributed by atoms with Gasteiger partial charge in [-0.15, -0.1) is 0 Å². The van der Waals surface area contributed by atoms with Gasteiger partial charge in [-0.3, -0.25) is 9.59 Å². The van der Waals surface area contributed by atoms with Crippen molar-refractivity contribution >= 4 is 11.9 Å². The standard InChI is InChI=1S/C17H22F3NO3/c1-2-3-4-5-11-24-15(22)9-10-21-16(23)13-7-6-8-14(12-13)17(18,19)20/h6-8,12H,2-5,9-11H2,1H3,(H,21,23). The molecule has 0 heterocycles. The molecule has 1 N–H and O–H groups in total. The zero-order valence-corrected chi connectivity index (χ0v) is 13.6. The fourth-order valence-electron chi connectivity index (χ4n) is 2.00. The van der Waals surface area contributed by atoms with Gasteiger partial charge >= 0.3 is 12.1 Å². The molecule has 0 spiro atoms. The first-order valence-electron chi connectivity index (χ1n) is 7.95. The van der Waals surface area contributed by atoms with E-state index in [2.05, 4.69) is 12.2 Å². The summed E-state index contributed by atoms with van der Waals surface area (Å²) in [6, 6.07) is 4.13. The normalized spacial score (nSPS) is 11.2. The fraction of sp³-hybridized carbons (Fsp3) is 0.529. The highest BCUT2D eigenvalue weighted by Crippen LogP contribution is 2.29. The summed E-state index contributed by atoms with van der Waals surface area (Å²) in [6.45, 7) is 2.45. The third-order valence-electron chi connectivity index (χ3n) is 3.33. The highest BCUT2D eigenvalue weighted by Gasteiger charge is 2.30. The molecule has 4 nitrogen and oxygen atoms in total. The van der Waals surface area contributed by atoms with E-state index in [4.69, 9.17) is 4.74 Å². The van der Waals surface area contributed by atoms with Crippen molar-refractivity contribution in [2.75, 3.05) is 13.2 Å². The first-order valence-corrected chi connectivity index (χ1v) is 7.95. The number of hydrogen-bond donors (Lipinski definition) is 1. The molecule has 1 amide bonds. The van der Waals surface area contributed by atoms with Crippen molar-refractivity contribution < 1.29 is 27.5 Å². The Morgan fingerprint density at radius 2 is 1.92 bits per heavy atom. The molecule has 0 aliphatic heterocycles. The van der Waals surface area contributed by atoms with Crippen molar-refractivity contribution in [3.8, 4) is 0 Å². The molecular weight excluding hydrogens is 323 g/mol. The number of esters is 1. The first-order chi connectivity index (χ1) is 11.3. The summed E-state index contributed by atoms with van der Waals surface area (Å²) in [6.07, 6.45) is -0.539. The molecule has 0 saturated carbocycles. The fourth-order valence-corrected chi connectivity index (χ4v) is 2.00. The van der Waals surface area contributed by atoms with Crippen LogP contribution in [0, 0.1) is 0 Å². The van der Waals surface area contributed by atoms with E-state index in [0.29, 0.717) is 6.61 Å². The van der Waals surface area contributed by atoms with Crippen LogP contribution in [0.3, 0.4) is 0 Å². The molecule has 0 fully saturated rings. The van der Waals surface area contributed by atoms with Crippen LogP contribution < -0.4 is 5.32 Å². The molecule has 0 aromatic heterocycles. The summed E-state index contributed by atoms with van der Waals surface area (Å²) >= 11 is 0. The van der Waals surface area contributed by atoms with Crippen molar-refractivity contribution in [3.05, 3.63) is 35.4 Å². The van der Waals surface area contributed by atoms with Gasteiger partial charge in [0.25, 0.3) is 5.91 Å². The Kier molecular flexibility index (Phi) is 8.29. The lowest BCUT2D eigenvalue weighted by Gasteiger charge is -2.09. The Morgan fingerprint density at radius 1 is 1.17 bits per heavy atom. The van der Waals surface area contributed by atoms with E-state index < -0.39 is 23.6 Å². The maximum absolute atomic E-state index is 12.6. The highest BCUT2D eigenvalue weighted by molar-refractivity contribution is 5.94. The third-order valence-corrected chi connectivity index (χ3v) is 3.33. The topological polar surface area (TPSA) is 55.4 Å². The number of amides is 1. The predicted octanol–water partition coefficient (Wildman–Crippen LogP) is 3.95. The van der Waals surface area contributed by atoms with Crippen molar-refractivity contribution in [3.63, 3.8) is 0 Å². The van der Waals surface area contributed by atoms with Crippen LogP contribution in [-0.2, 0) is 15.7 Å². The number of benzene rings is 1. The monoisotopic (exact) mass is 345 g/mol. The number of hydrogen-bond acceptors (Lipinski definition) is 3. The Bertz CT molecular complexity index is 544. The first kappa shape index (κ1) is 20.0. The minimum atomic E-state index is -4.50. The van der Waals surface area contributed by atoms with Gasteiger partial charge in [-0.2, -0.15) is 13.2 Å². The van der Waals surface area contributed by atoms with Crippen LogP contribution >= 0.6 is 0 Å². The number of rotatable bonds is 9. The number of unbranched alkanes of at least 4 members (excludes halogenated alkanes) is 3. The molecule has 0 bridgehead atoms. The molecule has 0 atom stereocenters. The molecule has 134 valence electrons. The van der Waals surface area contributed by atoms with E-state index in [9.17, 15) is 22.8 Å². The van der Waals surface area contributed by atoms with Crippen LogP contribution in [0.1, 0.15) is 54.9 Å². The van der Waals surface area contributed by atoms with Gasteiger partial charge < -0.3 is 10.1 Å². The molecule has 7 heteroatoms. The predicted molar refractivity (Wildman–Crippen MR) is 83.5 cm³/mol. The Labute approximate surface area is 139 Å². The Hall–Kier alpha value is -2.05. The second kappa shape index (κ2) is 9.95. The second-order valence-electron chi connectivity index (χ2n) is 5.37. The third kappa shape index (κ3) is 7.48. The average Bonchev–Trinajstić information content (AvgIpc) is 2.54. The molecule has 0 unspecified atom stereocenters. The summed E-state index contributed by atoms with van der Waals surface area (Å²) in [5.41, 5.74) is -0.987. The maximum atomic E-state index is 12.6. The molecule has 0 radical (unpaired) electrons. The van der Waals surface area contributed by atoms with Gasteiger partial charge in [0.15, 0.2) is 0 Å². The van der Waals surface area contributed by atoms with E-state index in [-0.39, 0.29) is 18.5 Å². The Balaban J connectivity index is 2.32. The summed E-state index contributed by atoms with van der Waals surface area (Å²) in [5, 5.41) is 2.41. The van der Waals surface area contributed by atoms with E-state index >= 15 is 0 Å². The van der Waals surface area contributed by atoms with Crippen LogP contribution in [0.4, 0.5) is 13.2 Å². The lowest BCUT2D eigenvalue weighted by atomic mass is 10.1. The lowest BCUT2D eigenvalue weighted by molar-refractivity contribution is -0.143. The molecule has 0 aliphatic carbocycles. The van der Waals surface area contributed by atoms with Crippen molar-refractivity contribution in [2.45, 2.75) is 45.2 Å².